The van der Waals surface area contributed by atoms with Crippen LogP contribution in [0.25, 0.3) is 22.5 Å². The van der Waals surface area contributed by atoms with Crippen molar-refractivity contribution in [2.24, 2.45) is 23.7 Å². The summed E-state index contributed by atoms with van der Waals surface area (Å²) in [6.45, 7) is 1.96. The highest BCUT2D eigenvalue weighted by Crippen LogP contribution is 2.43. The van der Waals surface area contributed by atoms with Gasteiger partial charge >= 0.3 is 5.97 Å². The summed E-state index contributed by atoms with van der Waals surface area (Å²) in [4.78, 5) is 59.6. The highest BCUT2D eigenvalue weighted by Gasteiger charge is 2.56. The number of halogens is 6. The van der Waals surface area contributed by atoms with Crippen LogP contribution in [0.4, 0.5) is 26.3 Å². The summed E-state index contributed by atoms with van der Waals surface area (Å²) in [5, 5.41) is 123. The number of aliphatic hydroxyl groups is 9. The molecule has 11 N–H and O–H groups in total. The summed E-state index contributed by atoms with van der Waals surface area (Å²) in [5.41, 5.74) is -0.914. The molecule has 5 aromatic rings. The minimum Gasteiger partial charge on any atom is -0.450 e. The maximum absolute atomic E-state index is 14.7. The van der Waals surface area contributed by atoms with Crippen molar-refractivity contribution in [3.63, 3.8) is 0 Å². The summed E-state index contributed by atoms with van der Waals surface area (Å²) >= 11 is 0. The fourth-order valence-corrected chi connectivity index (χ4v) is 15.4. The smallest absolute Gasteiger partial charge is 0.338 e. The lowest BCUT2D eigenvalue weighted by Crippen LogP contribution is -2.64. The van der Waals surface area contributed by atoms with Crippen molar-refractivity contribution in [1.29, 1.82) is 0 Å². The fourth-order valence-electron chi connectivity index (χ4n) is 15.4. The van der Waals surface area contributed by atoms with E-state index in [-0.39, 0.29) is 91.5 Å². The van der Waals surface area contributed by atoms with Gasteiger partial charge in [-0.15, -0.1) is 10.2 Å². The van der Waals surface area contributed by atoms with Crippen molar-refractivity contribution >= 4 is 23.7 Å². The van der Waals surface area contributed by atoms with E-state index >= 15 is 0 Å². The second kappa shape index (κ2) is 34.8. The molecule has 12 rings (SSSR count). The molecule has 586 valence electrons. The number of aliphatic hydroxyl groups excluding tert-OH is 9. The lowest BCUT2D eigenvalue weighted by atomic mass is 9.75. The lowest BCUT2D eigenvalue weighted by Gasteiger charge is -2.49. The Balaban J connectivity index is 0.782. The lowest BCUT2D eigenvalue weighted by molar-refractivity contribution is -0.349. The van der Waals surface area contributed by atoms with Crippen LogP contribution in [0.15, 0.2) is 67.0 Å². The minimum atomic E-state index is -1.97. The van der Waals surface area contributed by atoms with Gasteiger partial charge in [0.2, 0.25) is 11.8 Å². The first-order valence-corrected chi connectivity index (χ1v) is 36.1. The van der Waals surface area contributed by atoms with Gasteiger partial charge < -0.3 is 99.4 Å². The van der Waals surface area contributed by atoms with Crippen molar-refractivity contribution < 1.29 is 129 Å². The number of amides is 3. The van der Waals surface area contributed by atoms with E-state index in [1.165, 1.54) is 19.1 Å². The molecule has 4 saturated heterocycles. The van der Waals surface area contributed by atoms with Gasteiger partial charge in [0.05, 0.1) is 61.6 Å². The largest absolute Gasteiger partial charge is 0.450 e. The van der Waals surface area contributed by atoms with Crippen LogP contribution in [0.1, 0.15) is 113 Å². The molecular formula is C71H89F6N9O21. The topological polar surface area (TPSA) is 413 Å². The second-order valence-electron chi connectivity index (χ2n) is 28.6. The van der Waals surface area contributed by atoms with E-state index in [4.69, 9.17) is 37.9 Å². The SMILES string of the molecule is CCC1CC(C(=O)NCCNC(=O)C2CC(n3cc(-c4cc(F)c(F)c(F)c4)nn3)C(O)[C@H](O[C@@H]3OC(CO)[C@H](O)C(n4cc(-c5cc(F)c(F)c(F)c5)nn4)C3O)C2)C[C@@H](O[C@@H]2OC(CO)[C@H](O)C(O[C@@H](CC3CCCCC3)C(=O)N3CCC3)C2OC(=O)c2ccccc2)C1O[C@@H]1OC(C)[C@@H](O)C(O)C1O. The number of hydrogen-bond donors (Lipinski definition) is 11. The molecule has 36 heteroatoms. The van der Waals surface area contributed by atoms with Crippen molar-refractivity contribution in [3.8, 4) is 22.5 Å². The average Bonchev–Trinajstić information content (AvgIpc) is 1.20. The van der Waals surface area contributed by atoms with E-state index in [2.05, 4.69) is 31.3 Å². The van der Waals surface area contributed by atoms with E-state index in [1.54, 1.807) is 30.0 Å². The Morgan fingerprint density at radius 2 is 1.14 bits per heavy atom. The van der Waals surface area contributed by atoms with E-state index in [0.717, 1.165) is 60.3 Å². The quantitative estimate of drug-likeness (QED) is 0.0172. The van der Waals surface area contributed by atoms with Gasteiger partial charge in [-0.1, -0.05) is 74.1 Å². The van der Waals surface area contributed by atoms with Gasteiger partial charge in [-0.2, -0.15) is 0 Å². The van der Waals surface area contributed by atoms with Crippen LogP contribution in [0.5, 0.6) is 0 Å². The first-order valence-electron chi connectivity index (χ1n) is 36.1. The zero-order valence-electron chi connectivity index (χ0n) is 58.3. The number of rotatable bonds is 25. The number of nitrogens with zero attached hydrogens (tertiary/aromatic N) is 7. The molecule has 4 aliphatic heterocycles. The molecule has 15 unspecified atom stereocenters. The van der Waals surface area contributed by atoms with Gasteiger partial charge in [-0.3, -0.25) is 14.4 Å². The summed E-state index contributed by atoms with van der Waals surface area (Å²) in [6, 6.07) is 7.52. The highest BCUT2D eigenvalue weighted by molar-refractivity contribution is 5.89. The molecule has 3 aromatic carbocycles. The highest BCUT2D eigenvalue weighted by atomic mass is 19.2. The maximum atomic E-state index is 14.7. The van der Waals surface area contributed by atoms with Crippen LogP contribution in [0, 0.1) is 58.6 Å². The average molecular weight is 1520 g/mol. The molecule has 7 aliphatic rings. The van der Waals surface area contributed by atoms with Crippen LogP contribution in [0.2, 0.25) is 0 Å². The summed E-state index contributed by atoms with van der Waals surface area (Å²) in [5.74, 6) is -15.0. The van der Waals surface area contributed by atoms with Crippen LogP contribution in [-0.2, 0) is 52.3 Å². The Morgan fingerprint density at radius 3 is 1.73 bits per heavy atom. The molecular weight excluding hydrogens is 1430 g/mol. The number of ether oxygens (including phenoxy) is 8. The van der Waals surface area contributed by atoms with Crippen molar-refractivity contribution in [2.75, 3.05) is 39.4 Å². The van der Waals surface area contributed by atoms with Crippen LogP contribution in [-0.4, -0.2) is 260 Å². The Kier molecular flexibility index (Phi) is 25.8. The van der Waals surface area contributed by atoms with E-state index in [1.807, 2.05) is 0 Å². The molecule has 3 saturated carbocycles. The number of likely N-dealkylation sites (tertiary alicyclic amines) is 1. The van der Waals surface area contributed by atoms with Gasteiger partial charge in [0.25, 0.3) is 5.91 Å². The normalized spacial score (nSPS) is 33.8. The Morgan fingerprint density at radius 1 is 0.589 bits per heavy atom. The van der Waals surface area contributed by atoms with Crippen LogP contribution < -0.4 is 10.6 Å². The molecule has 3 aliphatic carbocycles. The molecule has 0 bridgehead atoms. The molecule has 30 nitrogen and oxygen atoms in total. The summed E-state index contributed by atoms with van der Waals surface area (Å²) < 4.78 is 138. The number of nitrogens with one attached hydrogen (secondary N) is 2. The van der Waals surface area contributed by atoms with Crippen molar-refractivity contribution in [3.05, 3.63) is 107 Å². The standard InChI is InChI=1S/C71H89F6N9O21/c1-3-34-20-38(27-48(62(34)107-70-61(95)60(94)55(89)32(2)100-70)103-71-64(106-68(99)35-13-8-5-9-14-35)63(58(92)51(31-88)105-71)101-49(67(98)84-17-10-18-84)19-33-11-6-4-7-12-33)65(96)78-15-16-79-66(97)39-25-46(85-28-44(80-82-85)36-21-40(72)52(76)41(73)22-36)56(90)47(26-39)102-69-59(93)54(57(91)50(30-87)104-69)86-29-45(81-83-86)37-23-42(74)53(77)43(75)24-37/h5,8-9,13-14,21-24,28-29,32-34,38-39,46-51,54-64,69-71,87-95H,3-4,6-7,10-12,15-20,25-27,30-31H2,1-2H3,(H,78,96)(H,79,97)/t32?,34?,38?,39?,46?,47-,48-,49+,50?,51?,54?,55-,56?,57+,58+,59?,60?,61?,62?,63?,64?,69-,70+,71-/m1/s1. The van der Waals surface area contributed by atoms with E-state index in [9.17, 15) is 91.5 Å². The third-order valence-corrected chi connectivity index (χ3v) is 21.6. The predicted octanol–water partition coefficient (Wildman–Crippen LogP) is 1.94. The zero-order valence-corrected chi connectivity index (χ0v) is 58.3. The van der Waals surface area contributed by atoms with Crippen molar-refractivity contribution in [2.45, 2.75) is 220 Å². The maximum Gasteiger partial charge on any atom is 0.338 e. The first kappa shape index (κ1) is 79.3. The zero-order chi connectivity index (χ0) is 76.2. The van der Waals surface area contributed by atoms with Gasteiger partial charge in [0, 0.05) is 49.1 Å². The van der Waals surface area contributed by atoms with Crippen LogP contribution >= 0.6 is 0 Å². The molecule has 3 amide bonds. The molecule has 0 radical (unpaired) electrons. The molecule has 0 spiro atoms. The minimum absolute atomic E-state index is 0.0740. The van der Waals surface area contributed by atoms with Gasteiger partial charge in [-0.25, -0.2) is 40.5 Å². The predicted molar refractivity (Wildman–Crippen MR) is 353 cm³/mol. The molecule has 107 heavy (non-hydrogen) atoms. The monoisotopic (exact) mass is 1520 g/mol. The number of carbonyl (C=O) groups excluding carboxylic acids is 4. The fraction of sp³-hybridized carbons (Fsp3) is 0.634. The van der Waals surface area contributed by atoms with Crippen molar-refractivity contribution in [1.82, 2.24) is 45.5 Å². The number of benzene rings is 3. The van der Waals surface area contributed by atoms with Gasteiger partial charge in [0.15, 0.2) is 59.9 Å². The first-order chi connectivity index (χ1) is 51.3. The number of carbonyl (C=O) groups is 4. The number of aromatic nitrogens is 6. The van der Waals surface area contributed by atoms with Gasteiger partial charge in [-0.05, 0) is 93.7 Å². The van der Waals surface area contributed by atoms with Crippen LogP contribution in [0.3, 0.4) is 0 Å². The summed E-state index contributed by atoms with van der Waals surface area (Å²) in [6.07, 6.45) is -22.8. The third kappa shape index (κ3) is 17.5. The third-order valence-electron chi connectivity index (χ3n) is 21.6. The van der Waals surface area contributed by atoms with Gasteiger partial charge in [0.1, 0.15) is 84.6 Å². The molecule has 24 atom stereocenters. The molecule has 2 aromatic heterocycles. The Labute approximate surface area is 609 Å². The van der Waals surface area contributed by atoms with E-state index < -0.39 is 212 Å². The summed E-state index contributed by atoms with van der Waals surface area (Å²) in [7, 11) is 0. The number of hydrogen-bond acceptors (Lipinski definition) is 25. The Hall–Kier alpha value is -7.24. The Bertz CT molecular complexity index is 3820. The van der Waals surface area contributed by atoms with E-state index in [0.29, 0.717) is 37.4 Å². The second-order valence-corrected chi connectivity index (χ2v) is 28.6. The molecule has 6 heterocycles. The molecule has 7 fully saturated rings. The number of esters is 1.